The van der Waals surface area contributed by atoms with Crippen LogP contribution in [0.4, 0.5) is 8.78 Å². The van der Waals surface area contributed by atoms with Gasteiger partial charge in [0.1, 0.15) is 17.1 Å². The highest BCUT2D eigenvalue weighted by Crippen LogP contribution is 2.28. The van der Waals surface area contributed by atoms with Gasteiger partial charge >= 0.3 is 0 Å². The highest BCUT2D eigenvalue weighted by atomic mass is 19.2. The first-order valence-electron chi connectivity index (χ1n) is 9.48. The van der Waals surface area contributed by atoms with E-state index in [0.717, 1.165) is 23.1 Å². The number of ether oxygens (including phenoxy) is 1. The molecule has 8 heteroatoms. The molecule has 0 unspecified atom stereocenters. The van der Waals surface area contributed by atoms with Gasteiger partial charge in [0.2, 0.25) is 0 Å². The van der Waals surface area contributed by atoms with E-state index < -0.39 is 11.6 Å². The number of pyridine rings is 1. The first kappa shape index (κ1) is 18.9. The molecule has 3 heterocycles. The lowest BCUT2D eigenvalue weighted by atomic mass is 10.1. The lowest BCUT2D eigenvalue weighted by Crippen LogP contribution is -1.99. The highest BCUT2D eigenvalue weighted by molar-refractivity contribution is 5.66. The lowest BCUT2D eigenvalue weighted by Gasteiger charge is -2.04. The third-order valence-electron chi connectivity index (χ3n) is 4.90. The summed E-state index contributed by atoms with van der Waals surface area (Å²) in [5.41, 5.74) is 2.82. The molecule has 0 amide bonds. The predicted octanol–water partition coefficient (Wildman–Crippen LogP) is 5.04. The Morgan fingerprint density at radius 1 is 0.968 bits per heavy atom. The van der Waals surface area contributed by atoms with Crippen LogP contribution < -0.4 is 4.74 Å². The smallest absolute Gasteiger partial charge is 0.169 e. The summed E-state index contributed by atoms with van der Waals surface area (Å²) in [5.74, 6) is -0.320. The van der Waals surface area contributed by atoms with Gasteiger partial charge in [-0.1, -0.05) is 11.2 Å². The summed E-state index contributed by atoms with van der Waals surface area (Å²) < 4.78 is 40.1. The number of hydrogen-bond donors (Lipinski definition) is 0. The fourth-order valence-corrected chi connectivity index (χ4v) is 3.31. The molecule has 0 N–H and O–H groups in total. The maximum atomic E-state index is 14.1. The summed E-state index contributed by atoms with van der Waals surface area (Å²) in [6.45, 7) is 0.426. The van der Waals surface area contributed by atoms with Gasteiger partial charge in [0.15, 0.2) is 23.2 Å². The molecule has 31 heavy (non-hydrogen) atoms. The van der Waals surface area contributed by atoms with Gasteiger partial charge in [-0.05, 0) is 42.5 Å². The SMILES string of the molecule is COc1ccc(-c2cc(Cn3ccc4nc(-c5cccc(F)c5F)nc-4c3)on2)cc1. The van der Waals surface area contributed by atoms with E-state index in [9.17, 15) is 8.78 Å². The number of halogens is 2. The van der Waals surface area contributed by atoms with Crippen LogP contribution in [0.2, 0.25) is 0 Å². The zero-order valence-corrected chi connectivity index (χ0v) is 16.4. The van der Waals surface area contributed by atoms with E-state index in [-0.39, 0.29) is 11.4 Å². The van der Waals surface area contributed by atoms with Gasteiger partial charge in [-0.3, -0.25) is 0 Å². The summed E-state index contributed by atoms with van der Waals surface area (Å²) in [6.07, 6.45) is 3.59. The Balaban J connectivity index is 1.39. The summed E-state index contributed by atoms with van der Waals surface area (Å²) in [4.78, 5) is 8.67. The Labute approximate surface area is 176 Å². The Morgan fingerprint density at radius 2 is 1.77 bits per heavy atom. The third-order valence-corrected chi connectivity index (χ3v) is 4.90. The number of imidazole rings is 1. The normalized spacial score (nSPS) is 11.2. The Morgan fingerprint density at radius 3 is 2.58 bits per heavy atom. The van der Waals surface area contributed by atoms with Crippen LogP contribution in [-0.4, -0.2) is 26.8 Å². The Bertz CT molecular complexity index is 1330. The minimum absolute atomic E-state index is 0.0297. The second kappa shape index (κ2) is 7.64. The molecule has 1 aromatic heterocycles. The summed E-state index contributed by atoms with van der Waals surface area (Å²) in [7, 11) is 1.62. The molecule has 3 aromatic rings. The molecule has 0 radical (unpaired) electrons. The van der Waals surface area contributed by atoms with Gasteiger partial charge < -0.3 is 13.8 Å². The predicted molar refractivity (Wildman–Crippen MR) is 110 cm³/mol. The molecule has 0 bridgehead atoms. The van der Waals surface area contributed by atoms with Crippen molar-refractivity contribution in [2.45, 2.75) is 6.54 Å². The molecule has 2 aliphatic heterocycles. The quantitative estimate of drug-likeness (QED) is 0.400. The van der Waals surface area contributed by atoms with Crippen LogP contribution >= 0.6 is 0 Å². The maximum Gasteiger partial charge on any atom is 0.169 e. The number of hydrogen-bond acceptors (Lipinski definition) is 5. The summed E-state index contributed by atoms with van der Waals surface area (Å²) in [6, 6.07) is 15.1. The largest absolute Gasteiger partial charge is 0.497 e. The molecule has 6 nitrogen and oxygen atoms in total. The fraction of sp³-hybridized carbons (Fsp3) is 0.0870. The summed E-state index contributed by atoms with van der Waals surface area (Å²) >= 11 is 0. The van der Waals surface area contributed by atoms with E-state index in [2.05, 4.69) is 15.1 Å². The van der Waals surface area contributed by atoms with Crippen LogP contribution in [0.3, 0.4) is 0 Å². The van der Waals surface area contributed by atoms with Crippen LogP contribution in [0.5, 0.6) is 5.75 Å². The van der Waals surface area contributed by atoms with E-state index in [1.165, 1.54) is 12.1 Å². The standard InChI is InChI=1S/C23H16F2N4O2/c1-30-15-7-5-14(6-8-15)20-11-16(31-28-20)12-29-10-9-19-21(13-29)27-23(26-19)17-3-2-4-18(24)22(17)25/h2-11,13H,12H2,1H3. The second-order valence-electron chi connectivity index (χ2n) is 6.94. The van der Waals surface area contributed by atoms with Gasteiger partial charge in [-0.2, -0.15) is 0 Å². The van der Waals surface area contributed by atoms with Crippen LogP contribution in [0.1, 0.15) is 5.76 Å². The van der Waals surface area contributed by atoms with Crippen molar-refractivity contribution in [1.82, 2.24) is 19.7 Å². The maximum absolute atomic E-state index is 14.1. The topological polar surface area (TPSA) is 66.0 Å². The molecular formula is C23H16F2N4O2. The molecule has 154 valence electrons. The van der Waals surface area contributed by atoms with Crippen molar-refractivity contribution < 1.29 is 18.0 Å². The lowest BCUT2D eigenvalue weighted by molar-refractivity contribution is 0.378. The van der Waals surface area contributed by atoms with E-state index in [0.29, 0.717) is 23.7 Å². The zero-order valence-electron chi connectivity index (χ0n) is 16.4. The number of rotatable bonds is 5. The van der Waals surface area contributed by atoms with E-state index in [4.69, 9.17) is 9.26 Å². The number of nitrogens with zero attached hydrogens (tertiary/aromatic N) is 4. The van der Waals surface area contributed by atoms with E-state index in [1.54, 1.807) is 19.4 Å². The van der Waals surface area contributed by atoms with Crippen LogP contribution in [-0.2, 0) is 6.54 Å². The minimum Gasteiger partial charge on any atom is -0.497 e. The molecule has 0 atom stereocenters. The van der Waals surface area contributed by atoms with Crippen molar-refractivity contribution in [2.24, 2.45) is 0 Å². The van der Waals surface area contributed by atoms with Crippen molar-refractivity contribution in [3.63, 3.8) is 0 Å². The number of benzene rings is 2. The molecule has 0 saturated heterocycles. The second-order valence-corrected chi connectivity index (χ2v) is 6.94. The Kier molecular flexibility index (Phi) is 4.66. The first-order valence-corrected chi connectivity index (χ1v) is 9.48. The molecule has 0 spiro atoms. The molecule has 0 aliphatic carbocycles. The van der Waals surface area contributed by atoms with Crippen LogP contribution in [0.15, 0.2) is 71.5 Å². The van der Waals surface area contributed by atoms with Gasteiger partial charge in [-0.25, -0.2) is 18.7 Å². The van der Waals surface area contributed by atoms with Crippen molar-refractivity contribution in [2.75, 3.05) is 7.11 Å². The zero-order chi connectivity index (χ0) is 21.4. The third kappa shape index (κ3) is 3.63. The van der Waals surface area contributed by atoms with Gasteiger partial charge in [0.05, 0.1) is 24.9 Å². The average Bonchev–Trinajstić information content (AvgIpc) is 3.42. The van der Waals surface area contributed by atoms with Crippen molar-refractivity contribution in [3.8, 4) is 39.8 Å². The van der Waals surface area contributed by atoms with Crippen molar-refractivity contribution >= 4 is 0 Å². The number of aromatic nitrogens is 4. The molecule has 2 aliphatic rings. The van der Waals surface area contributed by atoms with E-state index in [1.807, 2.05) is 41.1 Å². The first-order chi connectivity index (χ1) is 15.1. The molecular weight excluding hydrogens is 402 g/mol. The summed E-state index contributed by atoms with van der Waals surface area (Å²) in [5, 5.41) is 4.13. The number of fused-ring (bicyclic) bond motifs is 1. The van der Waals surface area contributed by atoms with Crippen molar-refractivity contribution in [3.05, 3.63) is 84.4 Å². The average molecular weight is 418 g/mol. The number of methoxy groups -OCH3 is 1. The van der Waals surface area contributed by atoms with Crippen LogP contribution in [0, 0.1) is 11.6 Å². The van der Waals surface area contributed by atoms with E-state index >= 15 is 0 Å². The monoisotopic (exact) mass is 418 g/mol. The molecule has 0 fully saturated rings. The minimum atomic E-state index is -0.960. The molecule has 0 saturated carbocycles. The van der Waals surface area contributed by atoms with Gasteiger partial charge in [0.25, 0.3) is 0 Å². The fourth-order valence-electron chi connectivity index (χ4n) is 3.31. The van der Waals surface area contributed by atoms with Crippen molar-refractivity contribution in [1.29, 1.82) is 0 Å². The van der Waals surface area contributed by atoms with Crippen LogP contribution in [0.25, 0.3) is 34.0 Å². The molecule has 2 aromatic carbocycles. The van der Waals surface area contributed by atoms with Gasteiger partial charge in [0, 0.05) is 24.0 Å². The Hall–Kier alpha value is -4.07. The van der Waals surface area contributed by atoms with Gasteiger partial charge in [-0.15, -0.1) is 0 Å². The molecule has 5 rings (SSSR count). The highest BCUT2D eigenvalue weighted by Gasteiger charge is 2.18.